The van der Waals surface area contributed by atoms with Gasteiger partial charge in [-0.15, -0.1) is 0 Å². The Morgan fingerprint density at radius 3 is 2.31 bits per heavy atom. The maximum absolute atomic E-state index is 10.7. The molecule has 0 bridgehead atoms. The van der Waals surface area contributed by atoms with Crippen molar-refractivity contribution in [1.29, 1.82) is 0 Å². The molecule has 0 heterocycles. The molecule has 0 saturated heterocycles. The smallest absolute Gasteiger partial charge is 0.167 e. The van der Waals surface area contributed by atoms with E-state index in [0.29, 0.717) is 17.3 Å². The summed E-state index contributed by atoms with van der Waals surface area (Å²) in [6.45, 7) is 5.01. The second-order valence-corrected chi connectivity index (χ2v) is 10.3. The highest BCUT2D eigenvalue weighted by molar-refractivity contribution is 5.13. The SMILES string of the molecule is CN[C@H]1[C@@H](O)C[C@H]2[C@@H]3CC[C@H]4CC(OC)(OC)CC[C@]4(C)[C@H]3CC[C@@]21C. The minimum atomic E-state index is -0.360. The lowest BCUT2D eigenvalue weighted by Crippen LogP contribution is -2.57. The first-order valence-corrected chi connectivity index (χ1v) is 10.8. The molecule has 4 fully saturated rings. The molecule has 4 nitrogen and oxygen atoms in total. The normalized spacial score (nSPS) is 52.8. The van der Waals surface area contributed by atoms with Crippen LogP contribution in [0.5, 0.6) is 0 Å². The summed E-state index contributed by atoms with van der Waals surface area (Å²) in [5, 5.41) is 14.2. The van der Waals surface area contributed by atoms with Crippen LogP contribution < -0.4 is 5.32 Å². The van der Waals surface area contributed by atoms with Gasteiger partial charge in [0.25, 0.3) is 0 Å². The van der Waals surface area contributed by atoms with Crippen LogP contribution in [0.1, 0.15) is 65.2 Å². The topological polar surface area (TPSA) is 50.7 Å². The van der Waals surface area contributed by atoms with Crippen LogP contribution >= 0.6 is 0 Å². The maximum atomic E-state index is 10.7. The van der Waals surface area contributed by atoms with Gasteiger partial charge in [0.05, 0.1) is 6.10 Å². The Hall–Kier alpha value is -0.160. The highest BCUT2D eigenvalue weighted by Gasteiger charge is 2.63. The molecule has 2 N–H and O–H groups in total. The van der Waals surface area contributed by atoms with E-state index in [4.69, 9.17) is 9.47 Å². The van der Waals surface area contributed by atoms with Crippen molar-refractivity contribution in [2.24, 2.45) is 34.5 Å². The lowest BCUT2D eigenvalue weighted by Gasteiger charge is -2.62. The van der Waals surface area contributed by atoms with Crippen molar-refractivity contribution in [1.82, 2.24) is 5.32 Å². The second-order valence-electron chi connectivity index (χ2n) is 10.3. The Kier molecular flexibility index (Phi) is 4.74. The molecule has 0 aromatic rings. The Balaban J connectivity index is 1.59. The highest BCUT2D eigenvalue weighted by Crippen LogP contribution is 2.67. The van der Waals surface area contributed by atoms with E-state index in [1.165, 1.54) is 32.1 Å². The fourth-order valence-electron chi connectivity index (χ4n) is 8.19. The second kappa shape index (κ2) is 6.43. The average molecular weight is 366 g/mol. The van der Waals surface area contributed by atoms with Crippen molar-refractivity contribution in [2.75, 3.05) is 21.3 Å². The Bertz CT molecular complexity index is 535. The van der Waals surface area contributed by atoms with E-state index in [1.54, 1.807) is 0 Å². The number of hydrogen-bond donors (Lipinski definition) is 2. The highest BCUT2D eigenvalue weighted by atomic mass is 16.7. The van der Waals surface area contributed by atoms with Gasteiger partial charge in [-0.2, -0.15) is 0 Å². The van der Waals surface area contributed by atoms with Crippen molar-refractivity contribution in [3.8, 4) is 0 Å². The molecule has 8 atom stereocenters. The van der Waals surface area contributed by atoms with E-state index in [0.717, 1.165) is 31.1 Å². The average Bonchev–Trinajstić information content (AvgIpc) is 2.90. The van der Waals surface area contributed by atoms with Crippen LogP contribution in [0.2, 0.25) is 0 Å². The molecule has 4 heteroatoms. The van der Waals surface area contributed by atoms with Gasteiger partial charge in [0, 0.05) is 33.1 Å². The van der Waals surface area contributed by atoms with Gasteiger partial charge in [-0.25, -0.2) is 0 Å². The van der Waals surface area contributed by atoms with E-state index in [1.807, 2.05) is 21.3 Å². The van der Waals surface area contributed by atoms with Gasteiger partial charge in [-0.05, 0) is 80.1 Å². The van der Waals surface area contributed by atoms with Gasteiger partial charge in [0.1, 0.15) is 0 Å². The van der Waals surface area contributed by atoms with Crippen LogP contribution in [0.4, 0.5) is 0 Å². The molecule has 0 radical (unpaired) electrons. The summed E-state index contributed by atoms with van der Waals surface area (Å²) in [6, 6.07) is 0.264. The third-order valence-corrected chi connectivity index (χ3v) is 9.75. The molecule has 4 aliphatic carbocycles. The van der Waals surface area contributed by atoms with E-state index in [2.05, 4.69) is 19.2 Å². The number of fused-ring (bicyclic) bond motifs is 5. The molecule has 4 rings (SSSR count). The largest absolute Gasteiger partial charge is 0.391 e. The van der Waals surface area contributed by atoms with Gasteiger partial charge in [0.15, 0.2) is 5.79 Å². The molecule has 0 aliphatic heterocycles. The number of aliphatic hydroxyl groups excluding tert-OH is 1. The molecular weight excluding hydrogens is 326 g/mol. The zero-order valence-corrected chi connectivity index (χ0v) is 17.4. The quantitative estimate of drug-likeness (QED) is 0.751. The zero-order chi connectivity index (χ0) is 18.7. The summed E-state index contributed by atoms with van der Waals surface area (Å²) in [4.78, 5) is 0. The number of methoxy groups -OCH3 is 2. The standard InChI is InChI=1S/C22H39NO3/c1-20-10-11-22(25-4,26-5)13-14(20)6-7-15-16(20)8-9-21(2)17(15)12-18(24)19(21)23-3/h14-19,23-24H,6-13H2,1-5H3/t14-,15+,16-,17-,18-,19-,20-,21-/m0/s1. The monoisotopic (exact) mass is 365 g/mol. The number of hydrogen-bond acceptors (Lipinski definition) is 4. The van der Waals surface area contributed by atoms with E-state index in [9.17, 15) is 5.11 Å². The number of likely N-dealkylation sites (N-methyl/N-ethyl adjacent to an activating group) is 1. The maximum Gasteiger partial charge on any atom is 0.167 e. The molecule has 4 saturated carbocycles. The summed E-state index contributed by atoms with van der Waals surface area (Å²) >= 11 is 0. The van der Waals surface area contributed by atoms with Crippen LogP contribution in [-0.4, -0.2) is 44.3 Å². The van der Waals surface area contributed by atoms with Gasteiger partial charge >= 0.3 is 0 Å². The van der Waals surface area contributed by atoms with Gasteiger partial charge in [-0.3, -0.25) is 0 Å². The molecule has 26 heavy (non-hydrogen) atoms. The van der Waals surface area contributed by atoms with Crippen LogP contribution in [-0.2, 0) is 9.47 Å². The summed E-state index contributed by atoms with van der Waals surface area (Å²) in [5.74, 6) is 2.59. The van der Waals surface area contributed by atoms with Gasteiger partial charge in [0.2, 0.25) is 0 Å². The van der Waals surface area contributed by atoms with Gasteiger partial charge in [-0.1, -0.05) is 13.8 Å². The number of ether oxygens (including phenoxy) is 2. The van der Waals surface area contributed by atoms with E-state index < -0.39 is 0 Å². The molecule has 0 aromatic heterocycles. The summed E-state index contributed by atoms with van der Waals surface area (Å²) in [7, 11) is 5.64. The van der Waals surface area contributed by atoms with E-state index in [-0.39, 0.29) is 23.3 Å². The van der Waals surface area contributed by atoms with Crippen molar-refractivity contribution in [3.63, 3.8) is 0 Å². The molecule has 0 aromatic carbocycles. The minimum absolute atomic E-state index is 0.180. The third-order valence-electron chi connectivity index (χ3n) is 9.75. The number of rotatable bonds is 3. The molecule has 0 unspecified atom stereocenters. The Morgan fingerprint density at radius 2 is 1.65 bits per heavy atom. The van der Waals surface area contributed by atoms with Crippen molar-refractivity contribution in [3.05, 3.63) is 0 Å². The van der Waals surface area contributed by atoms with Crippen LogP contribution in [0.25, 0.3) is 0 Å². The van der Waals surface area contributed by atoms with Crippen LogP contribution in [0.15, 0.2) is 0 Å². The van der Waals surface area contributed by atoms with Crippen molar-refractivity contribution < 1.29 is 14.6 Å². The molecule has 0 spiro atoms. The number of aliphatic hydroxyl groups is 1. The fourth-order valence-corrected chi connectivity index (χ4v) is 8.19. The molecular formula is C22H39NO3. The van der Waals surface area contributed by atoms with Crippen molar-refractivity contribution in [2.45, 2.75) is 83.1 Å². The lowest BCUT2D eigenvalue weighted by molar-refractivity contribution is -0.261. The first-order chi connectivity index (χ1) is 12.3. The van der Waals surface area contributed by atoms with Crippen LogP contribution in [0.3, 0.4) is 0 Å². The first kappa shape index (κ1) is 19.2. The van der Waals surface area contributed by atoms with Crippen LogP contribution in [0, 0.1) is 34.5 Å². The molecule has 150 valence electrons. The molecule has 4 aliphatic rings. The van der Waals surface area contributed by atoms with Crippen molar-refractivity contribution >= 4 is 0 Å². The summed E-state index contributed by atoms with van der Waals surface area (Å²) < 4.78 is 11.6. The minimum Gasteiger partial charge on any atom is -0.391 e. The van der Waals surface area contributed by atoms with E-state index >= 15 is 0 Å². The lowest BCUT2D eigenvalue weighted by atomic mass is 9.44. The zero-order valence-electron chi connectivity index (χ0n) is 17.4. The first-order valence-electron chi connectivity index (χ1n) is 10.8. The summed E-state index contributed by atoms with van der Waals surface area (Å²) in [6.07, 6.45) is 9.26. The van der Waals surface area contributed by atoms with Gasteiger partial charge < -0.3 is 19.9 Å². The molecule has 0 amide bonds. The number of nitrogens with one attached hydrogen (secondary N) is 1. The predicted octanol–water partition coefficient (Wildman–Crippen LogP) is 3.58. The fraction of sp³-hybridized carbons (Fsp3) is 1.00. The Labute approximate surface area is 159 Å². The summed E-state index contributed by atoms with van der Waals surface area (Å²) in [5.41, 5.74) is 0.670. The predicted molar refractivity (Wildman–Crippen MR) is 103 cm³/mol. The Morgan fingerprint density at radius 1 is 0.923 bits per heavy atom. The third kappa shape index (κ3) is 2.48.